The predicted molar refractivity (Wildman–Crippen MR) is 56.0 cm³/mol. The van der Waals surface area contributed by atoms with Crippen LogP contribution in [0.2, 0.25) is 5.02 Å². The van der Waals surface area contributed by atoms with Gasteiger partial charge in [0.15, 0.2) is 5.67 Å². The van der Waals surface area contributed by atoms with Crippen molar-refractivity contribution < 1.29 is 13.9 Å². The summed E-state index contributed by atoms with van der Waals surface area (Å²) in [7, 11) is 0. The topological polar surface area (TPSA) is 44.5 Å². The minimum Gasteiger partial charge on any atom is -0.488 e. The molecule has 1 aliphatic heterocycles. The monoisotopic (exact) mass is 231 g/mol. The molecular weight excluding hydrogens is 221 g/mol. The third-order valence-corrected chi connectivity index (χ3v) is 2.46. The van der Waals surface area contributed by atoms with Crippen LogP contribution < -0.4 is 10.5 Å². The second-order valence-corrected chi connectivity index (χ2v) is 4.03. The fourth-order valence-electron chi connectivity index (χ4n) is 1.25. The van der Waals surface area contributed by atoms with Gasteiger partial charge >= 0.3 is 0 Å². The summed E-state index contributed by atoms with van der Waals surface area (Å²) < 4.78 is 23.5. The van der Waals surface area contributed by atoms with Crippen LogP contribution in [0.15, 0.2) is 18.2 Å². The van der Waals surface area contributed by atoms with Gasteiger partial charge in [0, 0.05) is 5.69 Å². The summed E-state index contributed by atoms with van der Waals surface area (Å²) in [6.07, 6.45) is 0. The first kappa shape index (κ1) is 10.5. The number of anilines is 1. The van der Waals surface area contributed by atoms with Crippen molar-refractivity contribution in [3.05, 3.63) is 23.2 Å². The van der Waals surface area contributed by atoms with Gasteiger partial charge in [-0.15, -0.1) is 0 Å². The Hall–Kier alpha value is -1.00. The lowest BCUT2D eigenvalue weighted by Gasteiger charge is -2.33. The van der Waals surface area contributed by atoms with Crippen LogP contribution in [0.1, 0.15) is 0 Å². The SMILES string of the molecule is Nc1ccc(OCC2(F)COC2)c(Cl)c1. The van der Waals surface area contributed by atoms with Crippen LogP contribution in [0, 0.1) is 0 Å². The Morgan fingerprint density at radius 1 is 1.53 bits per heavy atom. The van der Waals surface area contributed by atoms with E-state index in [0.717, 1.165) is 0 Å². The van der Waals surface area contributed by atoms with Crippen molar-refractivity contribution in [2.24, 2.45) is 0 Å². The Bertz CT molecular complexity index is 368. The van der Waals surface area contributed by atoms with Crippen LogP contribution >= 0.6 is 11.6 Å². The second-order valence-electron chi connectivity index (χ2n) is 3.62. The van der Waals surface area contributed by atoms with Gasteiger partial charge in [-0.3, -0.25) is 0 Å². The molecule has 1 fully saturated rings. The number of nitrogen functional groups attached to an aromatic ring is 1. The summed E-state index contributed by atoms with van der Waals surface area (Å²) >= 11 is 5.86. The fraction of sp³-hybridized carbons (Fsp3) is 0.400. The van der Waals surface area contributed by atoms with E-state index in [2.05, 4.69) is 0 Å². The molecule has 0 aromatic heterocycles. The molecule has 0 bridgehead atoms. The van der Waals surface area contributed by atoms with Gasteiger partial charge in [-0.2, -0.15) is 0 Å². The van der Waals surface area contributed by atoms with Crippen molar-refractivity contribution in [2.45, 2.75) is 5.67 Å². The van der Waals surface area contributed by atoms with Gasteiger partial charge in [0.2, 0.25) is 0 Å². The molecule has 82 valence electrons. The normalized spacial score (nSPS) is 18.3. The molecule has 0 amide bonds. The zero-order chi connectivity index (χ0) is 10.9. The Labute approximate surface area is 91.9 Å². The molecule has 1 aromatic carbocycles. The summed E-state index contributed by atoms with van der Waals surface area (Å²) in [4.78, 5) is 0. The first-order valence-electron chi connectivity index (χ1n) is 4.54. The summed E-state index contributed by atoms with van der Waals surface area (Å²) in [5.74, 6) is 0.440. The molecule has 0 unspecified atom stereocenters. The van der Waals surface area contributed by atoms with E-state index < -0.39 is 5.67 Å². The zero-order valence-corrected chi connectivity index (χ0v) is 8.76. The highest BCUT2D eigenvalue weighted by atomic mass is 35.5. The molecular formula is C10H11ClFNO2. The average Bonchev–Trinajstić information content (AvgIpc) is 2.14. The largest absolute Gasteiger partial charge is 0.488 e. The molecule has 1 aliphatic rings. The molecule has 0 spiro atoms. The molecule has 2 N–H and O–H groups in total. The van der Waals surface area contributed by atoms with E-state index in [-0.39, 0.29) is 19.8 Å². The van der Waals surface area contributed by atoms with Crippen molar-refractivity contribution >= 4 is 17.3 Å². The van der Waals surface area contributed by atoms with Crippen molar-refractivity contribution in [3.8, 4) is 5.75 Å². The molecule has 1 aromatic rings. The first-order valence-corrected chi connectivity index (χ1v) is 4.91. The number of ether oxygens (including phenoxy) is 2. The third-order valence-electron chi connectivity index (χ3n) is 2.16. The van der Waals surface area contributed by atoms with E-state index in [1.807, 2.05) is 0 Å². The standard InChI is InChI=1S/C10H11ClFNO2/c11-8-3-7(13)1-2-9(8)15-6-10(12)4-14-5-10/h1-3H,4-6,13H2. The molecule has 1 heterocycles. The average molecular weight is 232 g/mol. The Morgan fingerprint density at radius 2 is 2.27 bits per heavy atom. The number of halogens is 2. The van der Waals surface area contributed by atoms with Crippen LogP contribution in [0.5, 0.6) is 5.75 Å². The summed E-state index contributed by atoms with van der Waals surface area (Å²) in [6.45, 7) is 0.121. The van der Waals surface area contributed by atoms with Crippen LogP contribution in [-0.2, 0) is 4.74 Å². The summed E-state index contributed by atoms with van der Waals surface area (Å²) in [5.41, 5.74) is 4.69. The lowest BCUT2D eigenvalue weighted by Crippen LogP contribution is -2.50. The van der Waals surface area contributed by atoms with Crippen LogP contribution in [0.3, 0.4) is 0 Å². The van der Waals surface area contributed by atoms with Gasteiger partial charge in [0.1, 0.15) is 12.4 Å². The second kappa shape index (κ2) is 3.87. The highest BCUT2D eigenvalue weighted by Crippen LogP contribution is 2.29. The number of alkyl halides is 1. The van der Waals surface area contributed by atoms with Crippen molar-refractivity contribution in [1.29, 1.82) is 0 Å². The molecule has 15 heavy (non-hydrogen) atoms. The zero-order valence-electron chi connectivity index (χ0n) is 8.00. The molecule has 0 atom stereocenters. The van der Waals surface area contributed by atoms with Gasteiger partial charge in [-0.25, -0.2) is 4.39 Å². The van der Waals surface area contributed by atoms with Gasteiger partial charge in [0.05, 0.1) is 18.2 Å². The van der Waals surface area contributed by atoms with Crippen LogP contribution in [0.25, 0.3) is 0 Å². The van der Waals surface area contributed by atoms with Gasteiger partial charge in [-0.1, -0.05) is 11.6 Å². The molecule has 0 saturated carbocycles. The van der Waals surface area contributed by atoms with Gasteiger partial charge < -0.3 is 15.2 Å². The van der Waals surface area contributed by atoms with Crippen molar-refractivity contribution in [1.82, 2.24) is 0 Å². The maximum absolute atomic E-state index is 13.5. The third kappa shape index (κ3) is 2.33. The predicted octanol–water partition coefficient (Wildman–Crippen LogP) is 2.04. The minimum atomic E-state index is -1.37. The highest BCUT2D eigenvalue weighted by Gasteiger charge is 2.39. The van der Waals surface area contributed by atoms with E-state index in [1.54, 1.807) is 18.2 Å². The molecule has 2 rings (SSSR count). The Kier molecular flexibility index (Phi) is 2.71. The summed E-state index contributed by atoms with van der Waals surface area (Å²) in [6, 6.07) is 4.85. The quantitative estimate of drug-likeness (QED) is 0.810. The van der Waals surface area contributed by atoms with E-state index in [0.29, 0.717) is 16.5 Å². The Morgan fingerprint density at radius 3 is 2.80 bits per heavy atom. The van der Waals surface area contributed by atoms with E-state index in [4.69, 9.17) is 26.8 Å². The van der Waals surface area contributed by atoms with Crippen molar-refractivity contribution in [2.75, 3.05) is 25.6 Å². The number of rotatable bonds is 3. The Balaban J connectivity index is 1.98. The highest BCUT2D eigenvalue weighted by molar-refractivity contribution is 6.32. The number of nitrogens with two attached hydrogens (primary N) is 1. The molecule has 0 radical (unpaired) electrons. The van der Waals surface area contributed by atoms with Crippen LogP contribution in [-0.4, -0.2) is 25.5 Å². The lowest BCUT2D eigenvalue weighted by molar-refractivity contribution is -0.146. The van der Waals surface area contributed by atoms with Gasteiger partial charge in [0.25, 0.3) is 0 Å². The van der Waals surface area contributed by atoms with E-state index in [9.17, 15) is 4.39 Å². The number of hydrogen-bond acceptors (Lipinski definition) is 3. The van der Waals surface area contributed by atoms with Gasteiger partial charge in [-0.05, 0) is 18.2 Å². The maximum atomic E-state index is 13.5. The number of benzene rings is 1. The molecule has 0 aliphatic carbocycles. The number of hydrogen-bond donors (Lipinski definition) is 1. The van der Waals surface area contributed by atoms with Crippen molar-refractivity contribution in [3.63, 3.8) is 0 Å². The lowest BCUT2D eigenvalue weighted by atomic mass is 10.1. The van der Waals surface area contributed by atoms with Crippen LogP contribution in [0.4, 0.5) is 10.1 Å². The smallest absolute Gasteiger partial charge is 0.190 e. The molecule has 1 saturated heterocycles. The summed E-state index contributed by atoms with van der Waals surface area (Å²) in [5, 5.41) is 0.388. The fourth-order valence-corrected chi connectivity index (χ4v) is 1.49. The van der Waals surface area contributed by atoms with E-state index in [1.165, 1.54) is 0 Å². The minimum absolute atomic E-state index is 0.0450. The first-order chi connectivity index (χ1) is 7.09. The maximum Gasteiger partial charge on any atom is 0.190 e. The molecule has 3 nitrogen and oxygen atoms in total. The van der Waals surface area contributed by atoms with E-state index >= 15 is 0 Å². The molecule has 5 heteroatoms.